The molecule has 0 aliphatic heterocycles. The summed E-state index contributed by atoms with van der Waals surface area (Å²) in [6.45, 7) is 0. The summed E-state index contributed by atoms with van der Waals surface area (Å²) < 4.78 is 0. The van der Waals surface area contributed by atoms with Crippen LogP contribution in [0.25, 0.3) is 10.8 Å². The third kappa shape index (κ3) is 1.47. The topological polar surface area (TPSA) is 77.8 Å². The van der Waals surface area contributed by atoms with Gasteiger partial charge in [-0.15, -0.1) is 0 Å². The number of aliphatic carboxylic acids is 1. The van der Waals surface area contributed by atoms with Crippen LogP contribution in [0.15, 0.2) is 48.2 Å². The van der Waals surface area contributed by atoms with E-state index in [2.05, 4.69) is 0 Å². The SMILES string of the molecule is O=C(O)C1(O)C(O)=CCc2ccc3ccccc3c21. The number of rotatable bonds is 1. The van der Waals surface area contributed by atoms with Gasteiger partial charge in [-0.25, -0.2) is 4.79 Å². The Morgan fingerprint density at radius 1 is 1.16 bits per heavy atom. The molecule has 0 heterocycles. The Balaban J connectivity index is 2.44. The van der Waals surface area contributed by atoms with Crippen LogP contribution >= 0.6 is 0 Å². The number of carbonyl (C=O) groups is 1. The van der Waals surface area contributed by atoms with E-state index < -0.39 is 17.3 Å². The van der Waals surface area contributed by atoms with E-state index in [0.717, 1.165) is 5.39 Å². The number of aliphatic hydroxyl groups is 2. The minimum atomic E-state index is -2.37. The molecule has 0 spiro atoms. The average molecular weight is 256 g/mol. The third-order valence-corrected chi connectivity index (χ3v) is 3.57. The van der Waals surface area contributed by atoms with Gasteiger partial charge in [-0.2, -0.15) is 0 Å². The average Bonchev–Trinajstić information content (AvgIpc) is 2.42. The molecule has 3 rings (SSSR count). The van der Waals surface area contributed by atoms with Gasteiger partial charge in [0.2, 0.25) is 5.60 Å². The maximum Gasteiger partial charge on any atom is 0.348 e. The van der Waals surface area contributed by atoms with E-state index in [-0.39, 0.29) is 5.56 Å². The zero-order chi connectivity index (χ0) is 13.6. The van der Waals surface area contributed by atoms with Gasteiger partial charge in [-0.3, -0.25) is 0 Å². The number of hydrogen-bond donors (Lipinski definition) is 3. The maximum absolute atomic E-state index is 11.4. The van der Waals surface area contributed by atoms with Crippen molar-refractivity contribution in [3.05, 3.63) is 59.4 Å². The molecule has 0 saturated heterocycles. The first-order chi connectivity index (χ1) is 9.05. The summed E-state index contributed by atoms with van der Waals surface area (Å²) in [4.78, 5) is 11.4. The normalized spacial score (nSPS) is 21.8. The third-order valence-electron chi connectivity index (χ3n) is 3.57. The van der Waals surface area contributed by atoms with Crippen molar-refractivity contribution in [2.75, 3.05) is 0 Å². The summed E-state index contributed by atoms with van der Waals surface area (Å²) in [6.07, 6.45) is 1.74. The first kappa shape index (κ1) is 11.7. The fourth-order valence-corrected chi connectivity index (χ4v) is 2.61. The van der Waals surface area contributed by atoms with Crippen molar-refractivity contribution in [1.29, 1.82) is 0 Å². The van der Waals surface area contributed by atoms with Crippen molar-refractivity contribution in [3.63, 3.8) is 0 Å². The van der Waals surface area contributed by atoms with Crippen molar-refractivity contribution < 1.29 is 20.1 Å². The highest BCUT2D eigenvalue weighted by Crippen LogP contribution is 2.39. The monoisotopic (exact) mass is 256 g/mol. The first-order valence-corrected chi connectivity index (χ1v) is 5.91. The maximum atomic E-state index is 11.4. The zero-order valence-corrected chi connectivity index (χ0v) is 10.00. The van der Waals surface area contributed by atoms with Gasteiger partial charge in [0.1, 0.15) is 5.76 Å². The quantitative estimate of drug-likeness (QED) is 0.730. The van der Waals surface area contributed by atoms with Gasteiger partial charge in [0.25, 0.3) is 0 Å². The molecule has 2 aromatic rings. The van der Waals surface area contributed by atoms with Crippen molar-refractivity contribution in [2.45, 2.75) is 12.0 Å². The predicted octanol–water partition coefficient (Wildman–Crippen LogP) is 2.11. The van der Waals surface area contributed by atoms with Crippen LogP contribution in [0.5, 0.6) is 0 Å². The van der Waals surface area contributed by atoms with Crippen LogP contribution in [0.2, 0.25) is 0 Å². The number of carboxylic acids is 1. The number of carboxylic acid groups (broad SMARTS) is 1. The van der Waals surface area contributed by atoms with Crippen molar-refractivity contribution in [1.82, 2.24) is 0 Å². The van der Waals surface area contributed by atoms with E-state index >= 15 is 0 Å². The molecule has 19 heavy (non-hydrogen) atoms. The number of fused-ring (bicyclic) bond motifs is 3. The van der Waals surface area contributed by atoms with Gasteiger partial charge < -0.3 is 15.3 Å². The molecule has 0 fully saturated rings. The first-order valence-electron chi connectivity index (χ1n) is 5.91. The Hall–Kier alpha value is -2.33. The van der Waals surface area contributed by atoms with Crippen LogP contribution in [0, 0.1) is 0 Å². The van der Waals surface area contributed by atoms with E-state index in [1.165, 1.54) is 6.08 Å². The van der Waals surface area contributed by atoms with Gasteiger partial charge in [0.15, 0.2) is 0 Å². The molecule has 2 aromatic carbocycles. The van der Waals surface area contributed by atoms with E-state index in [1.807, 2.05) is 18.2 Å². The van der Waals surface area contributed by atoms with Gasteiger partial charge in [0.05, 0.1) is 0 Å². The van der Waals surface area contributed by atoms with Crippen LogP contribution in [0.4, 0.5) is 0 Å². The van der Waals surface area contributed by atoms with Crippen LogP contribution < -0.4 is 0 Å². The van der Waals surface area contributed by atoms with Gasteiger partial charge >= 0.3 is 5.97 Å². The zero-order valence-electron chi connectivity index (χ0n) is 10.00. The van der Waals surface area contributed by atoms with Crippen LogP contribution in [-0.4, -0.2) is 21.3 Å². The lowest BCUT2D eigenvalue weighted by Gasteiger charge is -2.30. The second kappa shape index (κ2) is 3.83. The smallest absolute Gasteiger partial charge is 0.348 e. The molecule has 1 unspecified atom stereocenters. The highest BCUT2D eigenvalue weighted by molar-refractivity contribution is 5.95. The molecule has 0 bridgehead atoms. The summed E-state index contributed by atoms with van der Waals surface area (Å²) >= 11 is 0. The summed E-state index contributed by atoms with van der Waals surface area (Å²) in [7, 11) is 0. The Kier molecular flexibility index (Phi) is 2.37. The molecule has 4 heteroatoms. The molecular weight excluding hydrogens is 244 g/mol. The Morgan fingerprint density at radius 3 is 2.63 bits per heavy atom. The molecule has 0 amide bonds. The molecule has 96 valence electrons. The minimum absolute atomic E-state index is 0.262. The Morgan fingerprint density at radius 2 is 1.89 bits per heavy atom. The summed E-state index contributed by atoms with van der Waals surface area (Å²) in [5, 5.41) is 31.1. The standard InChI is InChI=1S/C15H12O4/c16-12-8-7-10-6-5-9-3-1-2-4-11(9)13(10)15(12,19)14(17)18/h1-6,8,16,19H,7H2,(H,17,18). The van der Waals surface area contributed by atoms with Gasteiger partial charge in [0, 0.05) is 5.56 Å². The van der Waals surface area contributed by atoms with Crippen molar-refractivity contribution in [3.8, 4) is 0 Å². The molecule has 0 radical (unpaired) electrons. The number of benzene rings is 2. The van der Waals surface area contributed by atoms with Gasteiger partial charge in [-0.1, -0.05) is 36.4 Å². The molecular formula is C15H12O4. The Bertz CT molecular complexity index is 717. The molecule has 1 aliphatic rings. The molecule has 1 atom stereocenters. The summed E-state index contributed by atoms with van der Waals surface area (Å²) in [6, 6.07) is 10.9. The number of hydrogen-bond acceptors (Lipinski definition) is 3. The largest absolute Gasteiger partial charge is 0.509 e. The molecule has 3 N–H and O–H groups in total. The number of aliphatic hydroxyl groups excluding tert-OH is 1. The summed E-state index contributed by atoms with van der Waals surface area (Å²) in [5.74, 6) is -2.00. The number of allylic oxidation sites excluding steroid dienone is 1. The highest BCUT2D eigenvalue weighted by Gasteiger charge is 2.47. The predicted molar refractivity (Wildman–Crippen MR) is 69.9 cm³/mol. The molecule has 0 saturated carbocycles. The lowest BCUT2D eigenvalue weighted by atomic mass is 9.79. The molecule has 1 aliphatic carbocycles. The van der Waals surface area contributed by atoms with Crippen LogP contribution in [0.1, 0.15) is 11.1 Å². The van der Waals surface area contributed by atoms with E-state index in [4.69, 9.17) is 0 Å². The van der Waals surface area contributed by atoms with Crippen LogP contribution in [-0.2, 0) is 16.8 Å². The fourth-order valence-electron chi connectivity index (χ4n) is 2.61. The van der Waals surface area contributed by atoms with Crippen molar-refractivity contribution in [2.24, 2.45) is 0 Å². The molecule has 0 aromatic heterocycles. The van der Waals surface area contributed by atoms with E-state index in [1.54, 1.807) is 18.2 Å². The minimum Gasteiger partial charge on any atom is -0.509 e. The Labute approximate surface area is 109 Å². The van der Waals surface area contributed by atoms with Crippen molar-refractivity contribution >= 4 is 16.7 Å². The second-order valence-corrected chi connectivity index (χ2v) is 4.63. The molecule has 4 nitrogen and oxygen atoms in total. The highest BCUT2D eigenvalue weighted by atomic mass is 16.4. The lowest BCUT2D eigenvalue weighted by Crippen LogP contribution is -2.40. The van der Waals surface area contributed by atoms with E-state index in [9.17, 15) is 20.1 Å². The fraction of sp³-hybridized carbons (Fsp3) is 0.133. The summed E-state index contributed by atoms with van der Waals surface area (Å²) in [5.41, 5.74) is -1.39. The van der Waals surface area contributed by atoms with Gasteiger partial charge in [-0.05, 0) is 28.8 Å². The van der Waals surface area contributed by atoms with Crippen LogP contribution in [0.3, 0.4) is 0 Å². The second-order valence-electron chi connectivity index (χ2n) is 4.63. The van der Waals surface area contributed by atoms with E-state index in [0.29, 0.717) is 17.4 Å². The lowest BCUT2D eigenvalue weighted by molar-refractivity contribution is -0.158.